The summed E-state index contributed by atoms with van der Waals surface area (Å²) in [6, 6.07) is 3.27. The molecule has 1 heterocycles. The summed E-state index contributed by atoms with van der Waals surface area (Å²) >= 11 is 5.58. The first-order valence-corrected chi connectivity index (χ1v) is 5.99. The maximum Gasteiger partial charge on any atom is 0.163 e. The van der Waals surface area contributed by atoms with Gasteiger partial charge in [0.05, 0.1) is 11.6 Å². The molecule has 5 nitrogen and oxygen atoms in total. The van der Waals surface area contributed by atoms with Crippen molar-refractivity contribution >= 4 is 28.9 Å². The van der Waals surface area contributed by atoms with Gasteiger partial charge in [-0.15, -0.1) is 11.6 Å². The summed E-state index contributed by atoms with van der Waals surface area (Å²) in [7, 11) is 0. The Bertz CT molecular complexity index is 514. The first-order valence-electron chi connectivity index (χ1n) is 5.45. The van der Waals surface area contributed by atoms with E-state index in [0.717, 1.165) is 0 Å². The Morgan fingerprint density at radius 2 is 2.00 bits per heavy atom. The van der Waals surface area contributed by atoms with Crippen molar-refractivity contribution in [3.63, 3.8) is 0 Å². The Hall–Kier alpha value is -1.75. The molecule has 0 radical (unpaired) electrons. The predicted molar refractivity (Wildman–Crippen MR) is 69.4 cm³/mol. The number of halogens is 1. The van der Waals surface area contributed by atoms with Gasteiger partial charge in [-0.2, -0.15) is 0 Å². The number of rotatable bonds is 3. The number of ketones is 1. The number of fused-ring (bicyclic) bond motifs is 1. The van der Waals surface area contributed by atoms with E-state index in [9.17, 15) is 4.79 Å². The topological polar surface area (TPSA) is 73.9 Å². The second-order valence-corrected chi connectivity index (χ2v) is 4.07. The maximum absolute atomic E-state index is 11.6. The van der Waals surface area contributed by atoms with E-state index in [1.54, 1.807) is 12.1 Å². The number of hydrogen-bond acceptors (Lipinski definition) is 4. The summed E-state index contributed by atoms with van der Waals surface area (Å²) in [5.74, 6) is 1.34. The molecule has 2 rings (SSSR count). The van der Waals surface area contributed by atoms with Gasteiger partial charge in [0.15, 0.2) is 17.3 Å². The van der Waals surface area contributed by atoms with Crippen molar-refractivity contribution in [3.05, 3.63) is 17.7 Å². The molecule has 1 aromatic rings. The van der Waals surface area contributed by atoms with E-state index >= 15 is 0 Å². The highest BCUT2D eigenvalue weighted by molar-refractivity contribution is 6.28. The summed E-state index contributed by atoms with van der Waals surface area (Å²) in [5.41, 5.74) is 6.47. The molecule has 1 aliphatic rings. The van der Waals surface area contributed by atoms with Crippen LogP contribution in [0.3, 0.4) is 0 Å². The number of carbonyl (C=O) groups is 1. The molecule has 0 aliphatic carbocycles. The van der Waals surface area contributed by atoms with Gasteiger partial charge in [0, 0.05) is 11.6 Å². The first kappa shape index (κ1) is 12.7. The minimum Gasteiger partial charge on any atom is -0.486 e. The zero-order valence-electron chi connectivity index (χ0n) is 9.90. The molecule has 0 unspecified atom stereocenters. The van der Waals surface area contributed by atoms with E-state index in [4.69, 9.17) is 26.8 Å². The third kappa shape index (κ3) is 2.56. The first-order chi connectivity index (χ1) is 8.61. The lowest BCUT2D eigenvalue weighted by Gasteiger charge is -2.19. The number of nitrogens with two attached hydrogens (primary N) is 1. The summed E-state index contributed by atoms with van der Waals surface area (Å²) in [6.45, 7) is 2.40. The number of alkyl halides is 1. The van der Waals surface area contributed by atoms with Gasteiger partial charge in [0.2, 0.25) is 0 Å². The van der Waals surface area contributed by atoms with Crippen molar-refractivity contribution in [3.8, 4) is 11.5 Å². The molecule has 0 saturated carbocycles. The molecular weight excluding hydrogens is 256 g/mol. The summed E-state index contributed by atoms with van der Waals surface area (Å²) in [4.78, 5) is 15.7. The number of hydrogen-bond donors (Lipinski definition) is 1. The second-order valence-electron chi connectivity index (χ2n) is 3.81. The van der Waals surface area contributed by atoms with Gasteiger partial charge < -0.3 is 15.2 Å². The van der Waals surface area contributed by atoms with Crippen molar-refractivity contribution in [1.82, 2.24) is 0 Å². The largest absolute Gasteiger partial charge is 0.486 e. The minimum atomic E-state index is -0.118. The molecule has 0 amide bonds. The zero-order chi connectivity index (χ0) is 13.1. The number of nitrogens with zero attached hydrogens (tertiary/aromatic N) is 1. The summed E-state index contributed by atoms with van der Waals surface area (Å²) in [6.07, 6.45) is 0. The highest BCUT2D eigenvalue weighted by Crippen LogP contribution is 2.37. The number of ether oxygens (including phenoxy) is 2. The molecule has 0 saturated heterocycles. The van der Waals surface area contributed by atoms with Crippen molar-refractivity contribution in [1.29, 1.82) is 0 Å². The fraction of sp³-hybridized carbons (Fsp3) is 0.333. The van der Waals surface area contributed by atoms with Gasteiger partial charge in [0.1, 0.15) is 19.0 Å². The molecule has 18 heavy (non-hydrogen) atoms. The van der Waals surface area contributed by atoms with E-state index in [0.29, 0.717) is 36.0 Å². The molecule has 0 fully saturated rings. The molecule has 2 N–H and O–H groups in total. The molecule has 6 heteroatoms. The Morgan fingerprint density at radius 1 is 1.39 bits per heavy atom. The van der Waals surface area contributed by atoms with E-state index < -0.39 is 0 Å². The van der Waals surface area contributed by atoms with Crippen LogP contribution in [0.4, 0.5) is 5.69 Å². The monoisotopic (exact) mass is 268 g/mol. The van der Waals surface area contributed by atoms with Gasteiger partial charge in [-0.1, -0.05) is 0 Å². The van der Waals surface area contributed by atoms with Crippen LogP contribution in [0.5, 0.6) is 11.5 Å². The third-order valence-electron chi connectivity index (χ3n) is 2.44. The lowest BCUT2D eigenvalue weighted by atomic mass is 10.1. The zero-order valence-corrected chi connectivity index (χ0v) is 10.7. The second kappa shape index (κ2) is 5.27. The summed E-state index contributed by atoms with van der Waals surface area (Å²) < 4.78 is 10.9. The fourth-order valence-corrected chi connectivity index (χ4v) is 1.70. The Labute approximate surface area is 110 Å². The van der Waals surface area contributed by atoms with E-state index in [2.05, 4.69) is 4.99 Å². The van der Waals surface area contributed by atoms with Gasteiger partial charge >= 0.3 is 0 Å². The molecule has 1 aliphatic heterocycles. The lowest BCUT2D eigenvalue weighted by molar-refractivity contribution is 0.101. The van der Waals surface area contributed by atoms with Crippen LogP contribution in [0.15, 0.2) is 17.1 Å². The lowest BCUT2D eigenvalue weighted by Crippen LogP contribution is -2.16. The number of aliphatic imine (C=N–C) groups is 1. The highest BCUT2D eigenvalue weighted by atomic mass is 35.5. The normalized spacial score (nSPS) is 14.4. The van der Waals surface area contributed by atoms with Crippen LogP contribution in [0.1, 0.15) is 17.3 Å². The Balaban J connectivity index is 2.52. The molecule has 0 spiro atoms. The van der Waals surface area contributed by atoms with Gasteiger partial charge in [-0.3, -0.25) is 4.79 Å². The third-order valence-corrected chi connectivity index (χ3v) is 2.71. The molecule has 0 atom stereocenters. The van der Waals surface area contributed by atoms with Crippen LogP contribution >= 0.6 is 11.6 Å². The highest BCUT2D eigenvalue weighted by Gasteiger charge is 2.17. The van der Waals surface area contributed by atoms with Crippen molar-refractivity contribution in [2.45, 2.75) is 6.92 Å². The number of amidine groups is 1. The smallest absolute Gasteiger partial charge is 0.163 e. The minimum absolute atomic E-state index is 0.103. The number of carbonyl (C=O) groups excluding carboxylic acids is 1. The standard InChI is InChI=1S/C12H13ClN2O3/c1-7(16)8-4-10-11(18-3-2-17-10)5-9(8)15-12(14)6-13/h4-5H,2-3,6H2,1H3,(H2,14,15). The van der Waals surface area contributed by atoms with Gasteiger partial charge in [0.25, 0.3) is 0 Å². The van der Waals surface area contributed by atoms with E-state index in [1.165, 1.54) is 6.92 Å². The van der Waals surface area contributed by atoms with Crippen LogP contribution in [0, 0.1) is 0 Å². The fourth-order valence-electron chi connectivity index (χ4n) is 1.64. The van der Waals surface area contributed by atoms with Crippen LogP contribution in [-0.4, -0.2) is 30.7 Å². The van der Waals surface area contributed by atoms with E-state index in [1.807, 2.05) is 0 Å². The summed E-state index contributed by atoms with van der Waals surface area (Å²) in [5, 5.41) is 0. The van der Waals surface area contributed by atoms with Crippen molar-refractivity contribution in [2.75, 3.05) is 19.1 Å². The molecule has 0 aromatic heterocycles. The average Bonchev–Trinajstić information content (AvgIpc) is 2.37. The predicted octanol–water partition coefficient (Wildman–Crippen LogP) is 1.89. The van der Waals surface area contributed by atoms with Crippen LogP contribution in [0.25, 0.3) is 0 Å². The SMILES string of the molecule is CC(=O)c1cc2c(cc1N=C(N)CCl)OCCO2. The molecule has 0 bridgehead atoms. The maximum atomic E-state index is 11.6. The molecular formula is C12H13ClN2O3. The van der Waals surface area contributed by atoms with E-state index in [-0.39, 0.29) is 17.5 Å². The quantitative estimate of drug-likeness (QED) is 0.393. The van der Waals surface area contributed by atoms with Gasteiger partial charge in [-0.05, 0) is 13.0 Å². The number of benzene rings is 1. The van der Waals surface area contributed by atoms with Crippen molar-refractivity contribution < 1.29 is 14.3 Å². The van der Waals surface area contributed by atoms with Crippen LogP contribution in [-0.2, 0) is 0 Å². The molecule has 96 valence electrons. The Kier molecular flexibility index (Phi) is 3.72. The van der Waals surface area contributed by atoms with Gasteiger partial charge in [-0.25, -0.2) is 4.99 Å². The number of Topliss-reactive ketones (excluding diaryl/α,β-unsaturated/α-hetero) is 1. The average molecular weight is 269 g/mol. The van der Waals surface area contributed by atoms with Crippen molar-refractivity contribution in [2.24, 2.45) is 10.7 Å². The molecule has 1 aromatic carbocycles. The van der Waals surface area contributed by atoms with Crippen LogP contribution < -0.4 is 15.2 Å². The van der Waals surface area contributed by atoms with Crippen LogP contribution in [0.2, 0.25) is 0 Å². The Morgan fingerprint density at radius 3 is 2.56 bits per heavy atom.